The molecule has 1 aromatic rings. The third kappa shape index (κ3) is 7.36. The van der Waals surface area contributed by atoms with Gasteiger partial charge in [-0.3, -0.25) is 0 Å². The molecule has 1 aromatic carbocycles. The molecule has 0 bridgehead atoms. The van der Waals surface area contributed by atoms with E-state index in [1.54, 1.807) is 0 Å². The van der Waals surface area contributed by atoms with Crippen molar-refractivity contribution >= 4 is 5.96 Å². The Balaban J connectivity index is 2.45. The van der Waals surface area contributed by atoms with E-state index < -0.39 is 11.6 Å². The summed E-state index contributed by atoms with van der Waals surface area (Å²) in [5.74, 6) is -0.305. The van der Waals surface area contributed by atoms with Crippen LogP contribution in [0.5, 0.6) is 0 Å². The van der Waals surface area contributed by atoms with E-state index in [1.807, 2.05) is 13.8 Å². The second-order valence-electron chi connectivity index (χ2n) is 4.76. The molecule has 2 N–H and O–H groups in total. The molecule has 0 heterocycles. The number of halogens is 2. The van der Waals surface area contributed by atoms with Crippen LogP contribution in [-0.2, 0) is 11.3 Å². The summed E-state index contributed by atoms with van der Waals surface area (Å²) < 4.78 is 31.9. The zero-order valence-electron chi connectivity index (χ0n) is 13.3. The Morgan fingerprint density at radius 3 is 2.73 bits per heavy atom. The van der Waals surface area contributed by atoms with E-state index >= 15 is 0 Å². The van der Waals surface area contributed by atoms with E-state index in [4.69, 9.17) is 4.74 Å². The van der Waals surface area contributed by atoms with Gasteiger partial charge in [0.15, 0.2) is 5.96 Å². The smallest absolute Gasteiger partial charge is 0.191 e. The SMILES string of the molecule is CCNC(=NCc1cc(F)ccc1F)NCCCCOCC. The molecule has 0 radical (unpaired) electrons. The van der Waals surface area contributed by atoms with Crippen LogP contribution in [0.1, 0.15) is 32.3 Å². The highest BCUT2D eigenvalue weighted by atomic mass is 19.1. The van der Waals surface area contributed by atoms with E-state index in [1.165, 1.54) is 6.07 Å². The molecule has 6 heteroatoms. The lowest BCUT2D eigenvalue weighted by Gasteiger charge is -2.11. The first-order valence-electron chi connectivity index (χ1n) is 7.71. The summed E-state index contributed by atoms with van der Waals surface area (Å²) in [7, 11) is 0. The molecule has 0 atom stereocenters. The number of hydrogen-bond acceptors (Lipinski definition) is 2. The van der Waals surface area contributed by atoms with Gasteiger partial charge in [-0.1, -0.05) is 0 Å². The van der Waals surface area contributed by atoms with Gasteiger partial charge in [-0.25, -0.2) is 13.8 Å². The van der Waals surface area contributed by atoms with Crippen LogP contribution in [0.15, 0.2) is 23.2 Å². The van der Waals surface area contributed by atoms with Crippen LogP contribution in [0.3, 0.4) is 0 Å². The van der Waals surface area contributed by atoms with E-state index in [0.717, 1.165) is 44.7 Å². The van der Waals surface area contributed by atoms with Crippen molar-refractivity contribution in [3.8, 4) is 0 Å². The number of hydrogen-bond donors (Lipinski definition) is 2. The van der Waals surface area contributed by atoms with E-state index in [2.05, 4.69) is 15.6 Å². The summed E-state index contributed by atoms with van der Waals surface area (Å²) >= 11 is 0. The summed E-state index contributed by atoms with van der Waals surface area (Å²) in [5.41, 5.74) is 0.244. The number of nitrogens with one attached hydrogen (secondary N) is 2. The number of nitrogens with zero attached hydrogens (tertiary/aromatic N) is 1. The average molecular weight is 313 g/mol. The van der Waals surface area contributed by atoms with Gasteiger partial charge < -0.3 is 15.4 Å². The zero-order chi connectivity index (χ0) is 16.2. The van der Waals surface area contributed by atoms with Gasteiger partial charge >= 0.3 is 0 Å². The highest BCUT2D eigenvalue weighted by Gasteiger charge is 2.04. The predicted octanol–water partition coefficient (Wildman–Crippen LogP) is 2.84. The molecule has 0 aromatic heterocycles. The number of aliphatic imine (C=N–C) groups is 1. The summed E-state index contributed by atoms with van der Waals surface area (Å²) in [5, 5.41) is 6.25. The minimum absolute atomic E-state index is 0.0951. The van der Waals surface area contributed by atoms with Crippen molar-refractivity contribution in [3.05, 3.63) is 35.4 Å². The molecule has 22 heavy (non-hydrogen) atoms. The van der Waals surface area contributed by atoms with E-state index in [0.29, 0.717) is 12.5 Å². The Labute approximate surface area is 131 Å². The van der Waals surface area contributed by atoms with E-state index in [9.17, 15) is 8.78 Å². The van der Waals surface area contributed by atoms with Gasteiger partial charge in [-0.2, -0.15) is 0 Å². The van der Waals surface area contributed by atoms with Crippen molar-refractivity contribution in [1.82, 2.24) is 10.6 Å². The molecule has 4 nitrogen and oxygen atoms in total. The van der Waals surface area contributed by atoms with Crippen LogP contribution in [0.4, 0.5) is 8.78 Å². The maximum atomic E-state index is 13.5. The lowest BCUT2D eigenvalue weighted by atomic mass is 10.2. The van der Waals surface area contributed by atoms with Crippen LogP contribution in [0, 0.1) is 11.6 Å². The summed E-state index contributed by atoms with van der Waals surface area (Å²) in [6.45, 7) is 6.96. The first kappa shape index (κ1) is 18.4. The number of guanidine groups is 1. The Kier molecular flexibility index (Phi) is 9.14. The number of ether oxygens (including phenoxy) is 1. The lowest BCUT2D eigenvalue weighted by Crippen LogP contribution is -2.37. The van der Waals surface area contributed by atoms with Crippen molar-refractivity contribution in [1.29, 1.82) is 0 Å². The fourth-order valence-electron chi connectivity index (χ4n) is 1.85. The highest BCUT2D eigenvalue weighted by Crippen LogP contribution is 2.10. The number of unbranched alkanes of at least 4 members (excludes halogenated alkanes) is 1. The second-order valence-corrected chi connectivity index (χ2v) is 4.76. The van der Waals surface area contributed by atoms with Crippen molar-refractivity contribution in [2.75, 3.05) is 26.3 Å². The topological polar surface area (TPSA) is 45.7 Å². The van der Waals surface area contributed by atoms with Crippen LogP contribution < -0.4 is 10.6 Å². The molecule has 0 fully saturated rings. The van der Waals surface area contributed by atoms with Crippen LogP contribution in [0.2, 0.25) is 0 Å². The maximum absolute atomic E-state index is 13.5. The van der Waals surface area contributed by atoms with Crippen molar-refractivity contribution < 1.29 is 13.5 Å². The van der Waals surface area contributed by atoms with Gasteiger partial charge in [0.2, 0.25) is 0 Å². The normalized spacial score (nSPS) is 11.5. The maximum Gasteiger partial charge on any atom is 0.191 e. The Bertz CT molecular complexity index is 467. The largest absolute Gasteiger partial charge is 0.382 e. The van der Waals surface area contributed by atoms with Crippen molar-refractivity contribution in [3.63, 3.8) is 0 Å². The summed E-state index contributed by atoms with van der Waals surface area (Å²) in [4.78, 5) is 4.28. The van der Waals surface area contributed by atoms with Gasteiger partial charge in [0, 0.05) is 31.9 Å². The molecule has 0 saturated carbocycles. The Hall–Kier alpha value is -1.69. The standard InChI is InChI=1S/C16H25F2N3O/c1-3-19-16(20-9-5-6-10-22-4-2)21-12-13-11-14(17)7-8-15(13)18/h7-8,11H,3-6,9-10,12H2,1-2H3,(H2,19,20,21). The van der Waals surface area contributed by atoms with Crippen LogP contribution in [0.25, 0.3) is 0 Å². The molecule has 1 rings (SSSR count). The van der Waals surface area contributed by atoms with E-state index in [-0.39, 0.29) is 12.1 Å². The molecule has 0 aliphatic heterocycles. The predicted molar refractivity (Wildman–Crippen MR) is 84.9 cm³/mol. The summed E-state index contributed by atoms with van der Waals surface area (Å²) in [6.07, 6.45) is 1.93. The van der Waals surface area contributed by atoms with Gasteiger partial charge in [0.25, 0.3) is 0 Å². The third-order valence-electron chi connectivity index (χ3n) is 2.97. The highest BCUT2D eigenvalue weighted by molar-refractivity contribution is 5.79. The number of benzene rings is 1. The zero-order valence-corrected chi connectivity index (χ0v) is 13.3. The molecular formula is C16H25F2N3O. The summed E-state index contributed by atoms with van der Waals surface area (Å²) in [6, 6.07) is 3.39. The fraction of sp³-hybridized carbons (Fsp3) is 0.562. The van der Waals surface area contributed by atoms with Crippen LogP contribution in [-0.4, -0.2) is 32.3 Å². The molecular weight excluding hydrogens is 288 g/mol. The molecule has 0 aliphatic rings. The third-order valence-corrected chi connectivity index (χ3v) is 2.97. The first-order chi connectivity index (χ1) is 10.7. The minimum atomic E-state index is -0.458. The van der Waals surface area contributed by atoms with Gasteiger partial charge in [-0.15, -0.1) is 0 Å². The Morgan fingerprint density at radius 2 is 2.00 bits per heavy atom. The molecule has 0 unspecified atom stereocenters. The van der Waals surface area contributed by atoms with Crippen LogP contribution >= 0.6 is 0 Å². The lowest BCUT2D eigenvalue weighted by molar-refractivity contribution is 0.143. The average Bonchev–Trinajstić information content (AvgIpc) is 2.51. The monoisotopic (exact) mass is 313 g/mol. The minimum Gasteiger partial charge on any atom is -0.382 e. The molecule has 0 saturated heterocycles. The molecule has 0 amide bonds. The quantitative estimate of drug-likeness (QED) is 0.419. The van der Waals surface area contributed by atoms with Crippen molar-refractivity contribution in [2.24, 2.45) is 4.99 Å². The Morgan fingerprint density at radius 1 is 1.18 bits per heavy atom. The molecule has 124 valence electrons. The fourth-order valence-corrected chi connectivity index (χ4v) is 1.85. The number of rotatable bonds is 9. The molecule has 0 aliphatic carbocycles. The van der Waals surface area contributed by atoms with Gasteiger partial charge in [-0.05, 0) is 44.9 Å². The van der Waals surface area contributed by atoms with Crippen molar-refractivity contribution in [2.45, 2.75) is 33.2 Å². The van der Waals surface area contributed by atoms with Gasteiger partial charge in [0.05, 0.1) is 6.54 Å². The molecule has 0 spiro atoms. The first-order valence-corrected chi connectivity index (χ1v) is 7.71. The van der Waals surface area contributed by atoms with Gasteiger partial charge in [0.1, 0.15) is 11.6 Å². The second kappa shape index (κ2) is 11.0.